The van der Waals surface area contributed by atoms with Gasteiger partial charge in [-0.1, -0.05) is 77.1 Å². The zero-order chi connectivity index (χ0) is 26.8. The lowest BCUT2D eigenvalue weighted by Gasteiger charge is -2.31. The zero-order valence-electron chi connectivity index (χ0n) is 22.1. The number of nitrogens with zero attached hydrogens (tertiary/aromatic N) is 2. The first-order valence-corrected chi connectivity index (χ1v) is 13.6. The van der Waals surface area contributed by atoms with E-state index < -0.39 is 0 Å². The molecule has 5 nitrogen and oxygen atoms in total. The summed E-state index contributed by atoms with van der Waals surface area (Å²) in [6, 6.07) is 19.8. The van der Waals surface area contributed by atoms with Crippen LogP contribution in [-0.4, -0.2) is 22.4 Å². The van der Waals surface area contributed by atoms with Gasteiger partial charge in [0.15, 0.2) is 5.78 Å². The van der Waals surface area contributed by atoms with Crippen LogP contribution in [0.1, 0.15) is 74.6 Å². The maximum atomic E-state index is 13.2. The van der Waals surface area contributed by atoms with Gasteiger partial charge in [-0.05, 0) is 40.5 Å². The summed E-state index contributed by atoms with van der Waals surface area (Å²) >= 11 is 1.39. The molecule has 1 aromatic heterocycles. The molecule has 0 bridgehead atoms. The van der Waals surface area contributed by atoms with Crippen LogP contribution in [0.5, 0.6) is 0 Å². The number of nitriles is 1. The van der Waals surface area contributed by atoms with Gasteiger partial charge in [-0.3, -0.25) is 9.59 Å². The molecule has 0 radical (unpaired) electrons. The molecule has 1 N–H and O–H groups in total. The predicted octanol–water partition coefficient (Wildman–Crippen LogP) is 7.19. The van der Waals surface area contributed by atoms with Crippen molar-refractivity contribution in [1.82, 2.24) is 4.98 Å². The van der Waals surface area contributed by atoms with E-state index in [2.05, 4.69) is 46.0 Å². The van der Waals surface area contributed by atoms with Crippen LogP contribution in [0.3, 0.4) is 0 Å². The SMILES string of the molecule is CC1(C)CC(=O)c2c(nc(SCCC(=O)Nc3ccc(C(C)(C)C)cc3)c(C#N)c2-c2ccccc2)C1. The van der Waals surface area contributed by atoms with Gasteiger partial charge in [0.25, 0.3) is 0 Å². The van der Waals surface area contributed by atoms with Gasteiger partial charge in [0.2, 0.25) is 5.91 Å². The first-order chi connectivity index (χ1) is 17.5. The minimum Gasteiger partial charge on any atom is -0.326 e. The molecule has 0 atom stereocenters. The van der Waals surface area contributed by atoms with Crippen LogP contribution >= 0.6 is 11.8 Å². The van der Waals surface area contributed by atoms with E-state index in [-0.39, 0.29) is 28.9 Å². The molecule has 1 aliphatic rings. The number of hydrogen-bond donors (Lipinski definition) is 1. The molecule has 190 valence electrons. The number of hydrogen-bond acceptors (Lipinski definition) is 5. The van der Waals surface area contributed by atoms with Crippen LogP contribution in [0.25, 0.3) is 11.1 Å². The number of fused-ring (bicyclic) bond motifs is 1. The Balaban J connectivity index is 1.56. The van der Waals surface area contributed by atoms with Crippen molar-refractivity contribution < 1.29 is 9.59 Å². The van der Waals surface area contributed by atoms with E-state index in [0.29, 0.717) is 40.3 Å². The molecule has 2 aromatic carbocycles. The van der Waals surface area contributed by atoms with E-state index in [0.717, 1.165) is 16.9 Å². The summed E-state index contributed by atoms with van der Waals surface area (Å²) in [6.07, 6.45) is 1.37. The Labute approximate surface area is 223 Å². The Kier molecular flexibility index (Phi) is 7.57. The standard InChI is InChI=1S/C31H33N3O2S/c1-30(2,3)21-11-13-22(14-12-21)33-26(36)15-16-37-29-23(19-32)27(20-9-7-6-8-10-20)28-24(34-29)17-31(4,5)18-25(28)35/h6-14H,15-18H2,1-5H3,(H,33,36). The third kappa shape index (κ3) is 6.11. The van der Waals surface area contributed by atoms with E-state index in [9.17, 15) is 14.9 Å². The second kappa shape index (κ2) is 10.5. The highest BCUT2D eigenvalue weighted by atomic mass is 32.2. The number of aromatic nitrogens is 1. The molecular weight excluding hydrogens is 478 g/mol. The van der Waals surface area contributed by atoms with E-state index in [1.165, 1.54) is 17.3 Å². The van der Waals surface area contributed by atoms with Crippen LogP contribution in [0.2, 0.25) is 0 Å². The minimum absolute atomic E-state index is 0.0301. The number of thioether (sulfide) groups is 1. The first-order valence-electron chi connectivity index (χ1n) is 12.6. The predicted molar refractivity (Wildman–Crippen MR) is 150 cm³/mol. The van der Waals surface area contributed by atoms with Gasteiger partial charge in [-0.25, -0.2) is 4.98 Å². The average molecular weight is 512 g/mol. The van der Waals surface area contributed by atoms with Crippen LogP contribution < -0.4 is 5.32 Å². The fourth-order valence-electron chi connectivity index (χ4n) is 4.70. The summed E-state index contributed by atoms with van der Waals surface area (Å²) in [7, 11) is 0. The number of Topliss-reactive ketones (excluding diaryl/α,β-unsaturated/α-hetero) is 1. The maximum absolute atomic E-state index is 13.2. The van der Waals surface area contributed by atoms with Crippen LogP contribution in [0.4, 0.5) is 5.69 Å². The van der Waals surface area contributed by atoms with E-state index in [1.54, 1.807) is 0 Å². The Morgan fingerprint density at radius 2 is 1.73 bits per heavy atom. The van der Waals surface area contributed by atoms with Crippen LogP contribution in [0.15, 0.2) is 59.6 Å². The lowest BCUT2D eigenvalue weighted by atomic mass is 9.73. The highest BCUT2D eigenvalue weighted by Crippen LogP contribution is 2.42. The zero-order valence-corrected chi connectivity index (χ0v) is 23.0. The molecule has 0 fully saturated rings. The normalized spacial score (nSPS) is 14.5. The number of pyridine rings is 1. The van der Waals surface area contributed by atoms with Crippen molar-refractivity contribution in [2.45, 2.75) is 64.3 Å². The summed E-state index contributed by atoms with van der Waals surface area (Å²) in [6.45, 7) is 10.6. The highest BCUT2D eigenvalue weighted by molar-refractivity contribution is 7.99. The van der Waals surface area contributed by atoms with Crippen LogP contribution in [0, 0.1) is 16.7 Å². The summed E-state index contributed by atoms with van der Waals surface area (Å²) in [5, 5.41) is 13.7. The Bertz CT molecular complexity index is 1360. The third-order valence-corrected chi connectivity index (χ3v) is 7.56. The van der Waals surface area contributed by atoms with Gasteiger partial charge in [0, 0.05) is 35.4 Å². The smallest absolute Gasteiger partial charge is 0.225 e. The molecule has 37 heavy (non-hydrogen) atoms. The number of carbonyl (C=O) groups is 2. The molecule has 0 aliphatic heterocycles. The van der Waals surface area contributed by atoms with Gasteiger partial charge < -0.3 is 5.32 Å². The van der Waals surface area contributed by atoms with E-state index in [4.69, 9.17) is 4.98 Å². The van der Waals surface area contributed by atoms with E-state index >= 15 is 0 Å². The summed E-state index contributed by atoms with van der Waals surface area (Å²) in [5.74, 6) is 0.410. The van der Waals surface area contributed by atoms with Crippen molar-refractivity contribution in [3.63, 3.8) is 0 Å². The largest absolute Gasteiger partial charge is 0.326 e. The molecule has 0 spiro atoms. The summed E-state index contributed by atoms with van der Waals surface area (Å²) in [4.78, 5) is 30.7. The number of benzene rings is 2. The molecule has 0 saturated carbocycles. The number of anilines is 1. The Hall–Kier alpha value is -3.43. The van der Waals surface area contributed by atoms with Gasteiger partial charge >= 0.3 is 0 Å². The van der Waals surface area contributed by atoms with Gasteiger partial charge in [-0.15, -0.1) is 11.8 Å². The first kappa shape index (κ1) is 26.6. The molecule has 4 rings (SSSR count). The van der Waals surface area contributed by atoms with Crippen molar-refractivity contribution in [3.8, 4) is 17.2 Å². The number of rotatable bonds is 6. The van der Waals surface area contributed by atoms with Crippen molar-refractivity contribution in [2.75, 3.05) is 11.1 Å². The topological polar surface area (TPSA) is 82.8 Å². The number of amides is 1. The highest BCUT2D eigenvalue weighted by Gasteiger charge is 2.36. The lowest BCUT2D eigenvalue weighted by molar-refractivity contribution is -0.115. The Morgan fingerprint density at radius 1 is 1.05 bits per heavy atom. The second-order valence-electron chi connectivity index (χ2n) is 11.4. The number of ketones is 1. The maximum Gasteiger partial charge on any atom is 0.225 e. The Morgan fingerprint density at radius 3 is 2.35 bits per heavy atom. The van der Waals surface area contributed by atoms with Crippen molar-refractivity contribution >= 4 is 29.1 Å². The molecule has 3 aromatic rings. The lowest BCUT2D eigenvalue weighted by Crippen LogP contribution is -2.29. The number of nitrogens with one attached hydrogen (secondary N) is 1. The van der Waals surface area contributed by atoms with Gasteiger partial charge in [0.05, 0.1) is 11.3 Å². The fraction of sp³-hybridized carbons (Fsp3) is 0.355. The third-order valence-electron chi connectivity index (χ3n) is 6.58. The molecule has 0 unspecified atom stereocenters. The second-order valence-corrected chi connectivity index (χ2v) is 12.5. The van der Waals surface area contributed by atoms with Gasteiger partial charge in [-0.2, -0.15) is 5.26 Å². The monoisotopic (exact) mass is 511 g/mol. The average Bonchev–Trinajstić information content (AvgIpc) is 2.82. The molecule has 0 saturated heterocycles. The van der Waals surface area contributed by atoms with Gasteiger partial charge in [0.1, 0.15) is 11.1 Å². The molecule has 1 amide bonds. The van der Waals surface area contributed by atoms with Crippen molar-refractivity contribution in [2.24, 2.45) is 5.41 Å². The molecule has 6 heteroatoms. The summed E-state index contributed by atoms with van der Waals surface area (Å²) in [5.41, 5.74) is 5.05. The summed E-state index contributed by atoms with van der Waals surface area (Å²) < 4.78 is 0. The number of carbonyl (C=O) groups excluding carboxylic acids is 2. The fourth-order valence-corrected chi connectivity index (χ4v) is 5.64. The minimum atomic E-state index is -0.191. The van der Waals surface area contributed by atoms with Crippen molar-refractivity contribution in [1.29, 1.82) is 5.26 Å². The molecule has 1 heterocycles. The molecular formula is C31H33N3O2S. The van der Waals surface area contributed by atoms with E-state index in [1.807, 2.05) is 54.6 Å². The molecule has 1 aliphatic carbocycles. The quantitative estimate of drug-likeness (QED) is 0.354. The van der Waals surface area contributed by atoms with Crippen molar-refractivity contribution in [3.05, 3.63) is 77.0 Å². The van der Waals surface area contributed by atoms with Crippen LogP contribution in [-0.2, 0) is 16.6 Å².